The Morgan fingerprint density at radius 3 is 1.42 bits per heavy atom. The van der Waals surface area contributed by atoms with Crippen molar-refractivity contribution in [2.75, 3.05) is 19.6 Å². The van der Waals surface area contributed by atoms with Crippen LogP contribution in [-0.2, 0) is 19.1 Å². The third-order valence-corrected chi connectivity index (χ3v) is 7.81. The van der Waals surface area contributed by atoms with E-state index >= 15 is 0 Å². The zero-order valence-corrected chi connectivity index (χ0v) is 33.0. The Balaban J connectivity index is 0.000000881. The first kappa shape index (κ1) is 46.6. The SMILES string of the molecule is CCOC(=O)C[C@H](C)c1cccc(-c2c(C)cc(F)cc2C)c1.CCOC(=O)C[C@H](N)c1cccc(-c2c(C)cc(F)cc2C)c1.CCl.S.S. The van der Waals surface area contributed by atoms with Crippen LogP contribution in [0.25, 0.3) is 22.3 Å². The quantitative estimate of drug-likeness (QED) is 0.129. The number of hydrogen-bond donors (Lipinski definition) is 1. The lowest BCUT2D eigenvalue weighted by atomic mass is 9.91. The minimum atomic E-state index is -0.421. The second-order valence-corrected chi connectivity index (χ2v) is 11.6. The Kier molecular flexibility index (Phi) is 21.6. The van der Waals surface area contributed by atoms with Crippen LogP contribution < -0.4 is 5.73 Å². The first-order valence-corrected chi connectivity index (χ1v) is 16.8. The summed E-state index contributed by atoms with van der Waals surface area (Å²) in [5.74, 6) is -0.858. The number of ether oxygens (including phenoxy) is 2. The van der Waals surface area contributed by atoms with Gasteiger partial charge < -0.3 is 15.2 Å². The van der Waals surface area contributed by atoms with Gasteiger partial charge in [0.15, 0.2) is 0 Å². The van der Waals surface area contributed by atoms with E-state index in [0.717, 1.165) is 55.6 Å². The maximum atomic E-state index is 13.5. The predicted octanol–water partition coefficient (Wildman–Crippen LogP) is 10.3. The summed E-state index contributed by atoms with van der Waals surface area (Å²) in [6, 6.07) is 21.5. The molecule has 2 N–H and O–H groups in total. The van der Waals surface area contributed by atoms with Crippen molar-refractivity contribution in [1.29, 1.82) is 0 Å². The van der Waals surface area contributed by atoms with Gasteiger partial charge in [0.2, 0.25) is 0 Å². The van der Waals surface area contributed by atoms with Crippen LogP contribution in [0.1, 0.15) is 79.0 Å². The molecule has 4 aromatic rings. The predicted molar refractivity (Wildman–Crippen MR) is 213 cm³/mol. The number of esters is 2. The van der Waals surface area contributed by atoms with E-state index in [-0.39, 0.29) is 62.9 Å². The molecule has 0 fully saturated rings. The van der Waals surface area contributed by atoms with Gasteiger partial charge in [-0.2, -0.15) is 27.0 Å². The summed E-state index contributed by atoms with van der Waals surface area (Å²) in [5.41, 5.74) is 15.7. The van der Waals surface area contributed by atoms with Gasteiger partial charge in [0, 0.05) is 12.4 Å². The molecule has 2 atom stereocenters. The highest BCUT2D eigenvalue weighted by molar-refractivity contribution is 7.59. The van der Waals surface area contributed by atoms with Crippen molar-refractivity contribution < 1.29 is 27.8 Å². The van der Waals surface area contributed by atoms with Crippen LogP contribution in [0.2, 0.25) is 0 Å². The van der Waals surface area contributed by atoms with Gasteiger partial charge in [-0.1, -0.05) is 49.4 Å². The van der Waals surface area contributed by atoms with E-state index in [4.69, 9.17) is 15.2 Å². The lowest BCUT2D eigenvalue weighted by Crippen LogP contribution is -2.17. The van der Waals surface area contributed by atoms with Crippen LogP contribution in [0.15, 0.2) is 72.8 Å². The Hall–Kier alpha value is -3.37. The summed E-state index contributed by atoms with van der Waals surface area (Å²) in [7, 11) is 0. The molecule has 4 aromatic carbocycles. The van der Waals surface area contributed by atoms with Gasteiger partial charge in [-0.15, -0.1) is 11.6 Å². The van der Waals surface area contributed by atoms with Gasteiger partial charge in [-0.3, -0.25) is 9.59 Å². The van der Waals surface area contributed by atoms with E-state index in [1.165, 1.54) is 18.5 Å². The first-order chi connectivity index (χ1) is 22.8. The molecule has 50 heavy (non-hydrogen) atoms. The number of aryl methyl sites for hydroxylation is 4. The molecule has 0 aliphatic heterocycles. The van der Waals surface area contributed by atoms with Crippen LogP contribution >= 0.6 is 38.6 Å². The number of rotatable bonds is 10. The van der Waals surface area contributed by atoms with Crippen molar-refractivity contribution in [3.63, 3.8) is 0 Å². The Bertz CT molecular complexity index is 1520. The normalized spacial score (nSPS) is 11.2. The van der Waals surface area contributed by atoms with E-state index in [1.807, 2.05) is 84.0 Å². The molecular formula is C40H52ClF2NO4S2. The molecule has 5 nitrogen and oxygen atoms in total. The minimum Gasteiger partial charge on any atom is -0.466 e. The fraction of sp³-hybridized carbons (Fsp3) is 0.350. The molecule has 0 heterocycles. The van der Waals surface area contributed by atoms with Crippen LogP contribution in [0.4, 0.5) is 8.78 Å². The number of carbonyl (C=O) groups excluding carboxylic acids is 2. The summed E-state index contributed by atoms with van der Waals surface area (Å²) in [4.78, 5) is 23.2. The summed E-state index contributed by atoms with van der Waals surface area (Å²) >= 11 is 4.64. The first-order valence-electron chi connectivity index (χ1n) is 16.0. The molecular weight excluding hydrogens is 696 g/mol. The maximum absolute atomic E-state index is 13.5. The number of benzene rings is 4. The highest BCUT2D eigenvalue weighted by atomic mass is 35.5. The van der Waals surface area contributed by atoms with Gasteiger partial charge in [-0.25, -0.2) is 8.78 Å². The topological polar surface area (TPSA) is 78.6 Å². The van der Waals surface area contributed by atoms with Gasteiger partial charge in [0.1, 0.15) is 11.6 Å². The number of hydrogen-bond acceptors (Lipinski definition) is 5. The maximum Gasteiger partial charge on any atom is 0.307 e. The molecule has 10 heteroatoms. The number of halogens is 3. The highest BCUT2D eigenvalue weighted by Crippen LogP contribution is 2.32. The van der Waals surface area contributed by atoms with E-state index in [2.05, 4.69) is 17.7 Å². The Labute approximate surface area is 315 Å². The third kappa shape index (κ3) is 13.7. The number of carbonyl (C=O) groups is 2. The highest BCUT2D eigenvalue weighted by Gasteiger charge is 2.16. The van der Waals surface area contributed by atoms with E-state index in [0.29, 0.717) is 19.6 Å². The van der Waals surface area contributed by atoms with Crippen molar-refractivity contribution in [3.8, 4) is 22.3 Å². The third-order valence-electron chi connectivity index (χ3n) is 7.81. The molecule has 274 valence electrons. The van der Waals surface area contributed by atoms with Gasteiger partial charge >= 0.3 is 11.9 Å². The van der Waals surface area contributed by atoms with E-state index in [9.17, 15) is 18.4 Å². The monoisotopic (exact) mass is 747 g/mol. The Morgan fingerprint density at radius 2 is 1.02 bits per heavy atom. The summed E-state index contributed by atoms with van der Waals surface area (Å²) < 4.78 is 36.9. The van der Waals surface area contributed by atoms with E-state index in [1.54, 1.807) is 19.1 Å². The molecule has 0 radical (unpaired) electrons. The molecule has 0 aliphatic rings. The smallest absolute Gasteiger partial charge is 0.307 e. The van der Waals surface area contributed by atoms with Crippen molar-refractivity contribution in [1.82, 2.24) is 0 Å². The number of nitrogens with two attached hydrogens (primary N) is 1. The molecule has 0 amide bonds. The fourth-order valence-electron chi connectivity index (χ4n) is 5.76. The summed E-state index contributed by atoms with van der Waals surface area (Å²) in [6.07, 6.45) is 1.97. The van der Waals surface area contributed by atoms with Crippen LogP contribution in [-0.4, -0.2) is 31.5 Å². The number of alkyl halides is 1. The largest absolute Gasteiger partial charge is 0.466 e. The molecule has 0 unspecified atom stereocenters. The lowest BCUT2D eigenvalue weighted by Gasteiger charge is -2.15. The van der Waals surface area contributed by atoms with Gasteiger partial charge in [-0.05, 0) is 133 Å². The second kappa shape index (κ2) is 23.2. The molecule has 4 rings (SSSR count). The lowest BCUT2D eigenvalue weighted by molar-refractivity contribution is -0.144. The molecule has 0 spiro atoms. The zero-order chi connectivity index (χ0) is 36.0. The average Bonchev–Trinajstić information content (AvgIpc) is 3.02. The molecule has 0 aliphatic carbocycles. The van der Waals surface area contributed by atoms with Crippen molar-refractivity contribution in [3.05, 3.63) is 118 Å². The van der Waals surface area contributed by atoms with Crippen LogP contribution in [0, 0.1) is 39.3 Å². The van der Waals surface area contributed by atoms with Gasteiger partial charge in [0.25, 0.3) is 0 Å². The van der Waals surface area contributed by atoms with Gasteiger partial charge in [0.05, 0.1) is 26.1 Å². The average molecular weight is 748 g/mol. The molecule has 0 saturated carbocycles. The Morgan fingerprint density at radius 1 is 0.660 bits per heavy atom. The molecule has 0 saturated heterocycles. The fourth-order valence-corrected chi connectivity index (χ4v) is 5.76. The standard InChI is InChI=1S/C20H23FO2.C19H22FNO2.CH3Cl.2H2S/c1-5-23-19(22)11-13(2)16-7-6-8-17(12-16)20-14(3)9-18(21)10-15(20)4;1-4-23-18(22)11-17(21)14-6-5-7-15(10-14)19-12(2)8-16(20)9-13(19)3;1-2;;/h6-10,12-13H,5,11H2,1-4H3;5-10,17H,4,11,21H2,1-3H3;1H3;2*1H2/t13-;17-;;;/m00.../s1. The minimum absolute atomic E-state index is 0. The second-order valence-electron chi connectivity index (χ2n) is 11.6. The van der Waals surface area contributed by atoms with Crippen molar-refractivity contribution in [2.45, 2.75) is 73.3 Å². The van der Waals surface area contributed by atoms with Crippen molar-refractivity contribution in [2.24, 2.45) is 5.73 Å². The summed E-state index contributed by atoms with van der Waals surface area (Å²) in [6.45, 7) is 13.9. The van der Waals surface area contributed by atoms with Crippen LogP contribution in [0.3, 0.4) is 0 Å². The molecule has 0 aromatic heterocycles. The van der Waals surface area contributed by atoms with E-state index < -0.39 is 6.04 Å². The van der Waals surface area contributed by atoms with Crippen LogP contribution in [0.5, 0.6) is 0 Å². The summed E-state index contributed by atoms with van der Waals surface area (Å²) in [5, 5.41) is 0. The van der Waals surface area contributed by atoms with Crippen molar-refractivity contribution >= 4 is 50.5 Å². The molecule has 0 bridgehead atoms. The zero-order valence-electron chi connectivity index (χ0n) is 30.3.